The van der Waals surface area contributed by atoms with Crippen molar-refractivity contribution in [1.29, 1.82) is 0 Å². The maximum atomic E-state index is 10.3. The second kappa shape index (κ2) is 6.43. The molecule has 1 rings (SSSR count). The summed E-state index contributed by atoms with van der Waals surface area (Å²) in [6.07, 6.45) is 1.89. The van der Waals surface area contributed by atoms with Crippen LogP contribution in [0.15, 0.2) is 23.1 Å². The van der Waals surface area contributed by atoms with Gasteiger partial charge in [0.2, 0.25) is 0 Å². The fourth-order valence-corrected chi connectivity index (χ4v) is 2.40. The zero-order valence-corrected chi connectivity index (χ0v) is 10.2. The minimum absolute atomic E-state index is 0.254. The standard InChI is InChI=1S/C12H17NO2S/c1-9-5-6-10(13)11(8-9)16-7-3-2-4-12(14)15/h5-6,8H,2-4,7,13H2,1H3,(H,14,15). The third-order valence-electron chi connectivity index (χ3n) is 2.21. The summed E-state index contributed by atoms with van der Waals surface area (Å²) in [7, 11) is 0. The topological polar surface area (TPSA) is 63.3 Å². The van der Waals surface area contributed by atoms with Gasteiger partial charge in [-0.05, 0) is 43.2 Å². The summed E-state index contributed by atoms with van der Waals surface area (Å²) in [5.74, 6) is 0.195. The van der Waals surface area contributed by atoms with E-state index in [-0.39, 0.29) is 6.42 Å². The molecule has 0 fully saturated rings. The number of carboxylic acid groups (broad SMARTS) is 1. The molecule has 0 aliphatic carbocycles. The third kappa shape index (κ3) is 4.57. The van der Waals surface area contributed by atoms with Crippen molar-refractivity contribution in [2.24, 2.45) is 0 Å². The van der Waals surface area contributed by atoms with Crippen LogP contribution in [-0.2, 0) is 4.79 Å². The maximum Gasteiger partial charge on any atom is 0.303 e. The van der Waals surface area contributed by atoms with Crippen molar-refractivity contribution in [1.82, 2.24) is 0 Å². The highest BCUT2D eigenvalue weighted by Crippen LogP contribution is 2.26. The monoisotopic (exact) mass is 239 g/mol. The Balaban J connectivity index is 2.31. The number of rotatable bonds is 6. The van der Waals surface area contributed by atoms with Crippen LogP contribution < -0.4 is 5.73 Å². The normalized spacial score (nSPS) is 10.3. The van der Waals surface area contributed by atoms with Gasteiger partial charge in [0.15, 0.2) is 0 Å². The molecule has 88 valence electrons. The number of nitrogen functional groups attached to an aromatic ring is 1. The molecule has 16 heavy (non-hydrogen) atoms. The van der Waals surface area contributed by atoms with Crippen LogP contribution in [0.2, 0.25) is 0 Å². The van der Waals surface area contributed by atoms with E-state index in [4.69, 9.17) is 10.8 Å². The van der Waals surface area contributed by atoms with Crippen LogP contribution in [0.1, 0.15) is 24.8 Å². The van der Waals surface area contributed by atoms with Crippen LogP contribution in [0.25, 0.3) is 0 Å². The molecular formula is C12H17NO2S. The molecule has 0 aromatic heterocycles. The number of hydrogen-bond acceptors (Lipinski definition) is 3. The summed E-state index contributed by atoms with van der Waals surface area (Å²) >= 11 is 1.69. The average Bonchev–Trinajstić information content (AvgIpc) is 2.22. The molecule has 4 heteroatoms. The van der Waals surface area contributed by atoms with Crippen LogP contribution in [0.3, 0.4) is 0 Å². The van der Waals surface area contributed by atoms with Crippen LogP contribution in [-0.4, -0.2) is 16.8 Å². The van der Waals surface area contributed by atoms with Gasteiger partial charge in [-0.3, -0.25) is 4.79 Å². The number of hydrogen-bond donors (Lipinski definition) is 2. The fourth-order valence-electron chi connectivity index (χ4n) is 1.33. The molecule has 0 saturated carbocycles. The molecule has 0 spiro atoms. The first-order valence-electron chi connectivity index (χ1n) is 5.30. The Kier molecular flexibility index (Phi) is 5.19. The van der Waals surface area contributed by atoms with Crippen LogP contribution in [0.4, 0.5) is 5.69 Å². The second-order valence-corrected chi connectivity index (χ2v) is 4.88. The van der Waals surface area contributed by atoms with Crippen molar-refractivity contribution >= 4 is 23.4 Å². The smallest absolute Gasteiger partial charge is 0.303 e. The van der Waals surface area contributed by atoms with Gasteiger partial charge in [-0.15, -0.1) is 11.8 Å². The molecule has 3 N–H and O–H groups in total. The highest BCUT2D eigenvalue weighted by molar-refractivity contribution is 7.99. The van der Waals surface area contributed by atoms with E-state index in [2.05, 4.69) is 6.07 Å². The Labute approximate surface area is 100 Å². The largest absolute Gasteiger partial charge is 0.481 e. The number of carboxylic acids is 1. The number of anilines is 1. The first kappa shape index (κ1) is 12.9. The summed E-state index contributed by atoms with van der Waals surface area (Å²) in [6.45, 7) is 2.04. The van der Waals surface area contributed by atoms with Crippen molar-refractivity contribution in [3.63, 3.8) is 0 Å². The molecule has 1 aromatic rings. The van der Waals surface area contributed by atoms with Gasteiger partial charge in [0.05, 0.1) is 0 Å². The van der Waals surface area contributed by atoms with E-state index in [0.29, 0.717) is 0 Å². The Hall–Kier alpha value is -1.16. The lowest BCUT2D eigenvalue weighted by atomic mass is 10.2. The predicted molar refractivity (Wildman–Crippen MR) is 67.8 cm³/mol. The number of aliphatic carboxylic acids is 1. The van der Waals surface area contributed by atoms with Crippen LogP contribution in [0.5, 0.6) is 0 Å². The highest BCUT2D eigenvalue weighted by Gasteiger charge is 2.01. The molecular weight excluding hydrogens is 222 g/mol. The lowest BCUT2D eigenvalue weighted by molar-refractivity contribution is -0.137. The van der Waals surface area contributed by atoms with E-state index < -0.39 is 5.97 Å². The molecule has 0 saturated heterocycles. The third-order valence-corrected chi connectivity index (χ3v) is 3.37. The Bertz CT molecular complexity index is 366. The van der Waals surface area contributed by atoms with E-state index in [1.54, 1.807) is 11.8 Å². The van der Waals surface area contributed by atoms with Crippen molar-refractivity contribution in [2.45, 2.75) is 31.1 Å². The van der Waals surface area contributed by atoms with E-state index in [0.717, 1.165) is 29.2 Å². The molecule has 0 atom stereocenters. The van der Waals surface area contributed by atoms with Gasteiger partial charge in [-0.1, -0.05) is 6.07 Å². The Morgan fingerprint density at radius 1 is 1.44 bits per heavy atom. The van der Waals surface area contributed by atoms with Gasteiger partial charge in [-0.2, -0.15) is 0 Å². The van der Waals surface area contributed by atoms with Gasteiger partial charge >= 0.3 is 5.97 Å². The Morgan fingerprint density at radius 2 is 2.19 bits per heavy atom. The highest BCUT2D eigenvalue weighted by atomic mass is 32.2. The van der Waals surface area contributed by atoms with E-state index in [1.807, 2.05) is 19.1 Å². The Morgan fingerprint density at radius 3 is 2.88 bits per heavy atom. The van der Waals surface area contributed by atoms with Crippen molar-refractivity contribution in [2.75, 3.05) is 11.5 Å². The predicted octanol–water partition coefficient (Wildman–Crippen LogP) is 2.92. The average molecular weight is 239 g/mol. The molecule has 1 aromatic carbocycles. The van der Waals surface area contributed by atoms with Gasteiger partial charge in [0.25, 0.3) is 0 Å². The van der Waals surface area contributed by atoms with Gasteiger partial charge < -0.3 is 10.8 Å². The number of carbonyl (C=O) groups is 1. The number of benzene rings is 1. The van der Waals surface area contributed by atoms with E-state index >= 15 is 0 Å². The second-order valence-electron chi connectivity index (χ2n) is 3.74. The van der Waals surface area contributed by atoms with Gasteiger partial charge in [0, 0.05) is 17.0 Å². The molecule has 0 heterocycles. The quantitative estimate of drug-likeness (QED) is 0.455. The number of thioether (sulfide) groups is 1. The summed E-state index contributed by atoms with van der Waals surface area (Å²) in [5.41, 5.74) is 7.83. The van der Waals surface area contributed by atoms with Gasteiger partial charge in [0.1, 0.15) is 0 Å². The first-order valence-corrected chi connectivity index (χ1v) is 6.29. The molecule has 0 bridgehead atoms. The lowest BCUT2D eigenvalue weighted by Gasteiger charge is -2.06. The maximum absolute atomic E-state index is 10.3. The lowest BCUT2D eigenvalue weighted by Crippen LogP contribution is -1.95. The zero-order chi connectivity index (χ0) is 12.0. The molecule has 0 aliphatic rings. The summed E-state index contributed by atoms with van der Waals surface area (Å²) in [6, 6.07) is 5.97. The first-order chi connectivity index (χ1) is 7.59. The van der Waals surface area contributed by atoms with Crippen LogP contribution >= 0.6 is 11.8 Å². The molecule has 0 unspecified atom stereocenters. The van der Waals surface area contributed by atoms with Crippen LogP contribution in [0, 0.1) is 6.92 Å². The van der Waals surface area contributed by atoms with Crippen molar-refractivity contribution in [3.05, 3.63) is 23.8 Å². The zero-order valence-electron chi connectivity index (χ0n) is 9.40. The SMILES string of the molecule is Cc1ccc(N)c(SCCCCC(=O)O)c1. The number of unbranched alkanes of at least 4 members (excludes halogenated alkanes) is 1. The minimum Gasteiger partial charge on any atom is -0.481 e. The molecule has 0 aliphatic heterocycles. The summed E-state index contributed by atoms with van der Waals surface area (Å²) in [4.78, 5) is 11.4. The molecule has 0 radical (unpaired) electrons. The molecule has 0 amide bonds. The van der Waals surface area contributed by atoms with E-state index in [9.17, 15) is 4.79 Å². The number of nitrogens with two attached hydrogens (primary N) is 1. The van der Waals surface area contributed by atoms with Gasteiger partial charge in [-0.25, -0.2) is 0 Å². The minimum atomic E-state index is -0.722. The molecule has 3 nitrogen and oxygen atoms in total. The van der Waals surface area contributed by atoms with Crippen molar-refractivity contribution < 1.29 is 9.90 Å². The summed E-state index contributed by atoms with van der Waals surface area (Å²) < 4.78 is 0. The number of aryl methyl sites for hydroxylation is 1. The van der Waals surface area contributed by atoms with Crippen molar-refractivity contribution in [3.8, 4) is 0 Å². The summed E-state index contributed by atoms with van der Waals surface area (Å²) in [5, 5.41) is 8.48. The fraction of sp³-hybridized carbons (Fsp3) is 0.417. The van der Waals surface area contributed by atoms with E-state index in [1.165, 1.54) is 5.56 Å².